The number of carbonyl (C=O) groups excluding carboxylic acids is 1. The van der Waals surface area contributed by atoms with Gasteiger partial charge in [-0.15, -0.1) is 0 Å². The van der Waals surface area contributed by atoms with E-state index in [0.29, 0.717) is 0 Å². The van der Waals surface area contributed by atoms with Crippen LogP contribution in [0, 0.1) is 0 Å². The number of rotatable bonds is 1. The fourth-order valence-corrected chi connectivity index (χ4v) is 3.51. The Morgan fingerprint density at radius 1 is 1.43 bits per heavy atom. The molecule has 0 bridgehead atoms. The molecule has 0 radical (unpaired) electrons. The molecule has 2 heterocycles. The fraction of sp³-hybridized carbons (Fsp3) is 0.529. The predicted molar refractivity (Wildman–Crippen MR) is 93.6 cm³/mol. The van der Waals surface area contributed by atoms with E-state index in [4.69, 9.17) is 4.74 Å². The molecule has 2 aromatic rings. The molecule has 6 heteroatoms. The zero-order valence-corrected chi connectivity index (χ0v) is 15.5. The van der Waals surface area contributed by atoms with Gasteiger partial charge in [0.25, 0.3) is 0 Å². The fourth-order valence-electron chi connectivity index (χ4n) is 3.21. The van der Waals surface area contributed by atoms with Crippen molar-refractivity contribution < 1.29 is 9.53 Å². The van der Waals surface area contributed by atoms with Crippen molar-refractivity contribution in [2.45, 2.75) is 51.7 Å². The second-order valence-electron chi connectivity index (χ2n) is 7.08. The molecule has 0 spiro atoms. The van der Waals surface area contributed by atoms with Gasteiger partial charge in [-0.2, -0.15) is 0 Å². The van der Waals surface area contributed by atoms with Gasteiger partial charge in [-0.25, -0.2) is 9.78 Å². The Morgan fingerprint density at radius 3 is 2.87 bits per heavy atom. The molecule has 23 heavy (non-hydrogen) atoms. The summed E-state index contributed by atoms with van der Waals surface area (Å²) in [6, 6.07) is 4.17. The Morgan fingerprint density at radius 2 is 2.17 bits per heavy atom. The van der Waals surface area contributed by atoms with Gasteiger partial charge in [0, 0.05) is 24.2 Å². The summed E-state index contributed by atoms with van der Waals surface area (Å²) >= 11 is 3.43. The van der Waals surface area contributed by atoms with E-state index in [1.54, 1.807) is 0 Å². The number of carbonyl (C=O) groups is 1. The van der Waals surface area contributed by atoms with E-state index >= 15 is 0 Å². The molecule has 1 aliphatic carbocycles. The minimum atomic E-state index is -0.473. The van der Waals surface area contributed by atoms with Gasteiger partial charge in [-0.1, -0.05) is 0 Å². The second-order valence-corrected chi connectivity index (χ2v) is 7.89. The van der Waals surface area contributed by atoms with Gasteiger partial charge in [-0.05, 0) is 73.7 Å². The maximum atomic E-state index is 12.0. The highest BCUT2D eigenvalue weighted by molar-refractivity contribution is 9.10. The number of halogens is 1. The third-order valence-corrected chi connectivity index (χ3v) is 4.58. The number of ether oxygens (including phenoxy) is 1. The largest absolute Gasteiger partial charge is 0.444 e. The first-order valence-electron chi connectivity index (χ1n) is 7.87. The number of amides is 1. The molecule has 3 rings (SSSR count). The molecular weight excluding hydrogens is 358 g/mol. The molecule has 0 saturated heterocycles. The highest BCUT2D eigenvalue weighted by Gasteiger charge is 2.27. The Kier molecular flexibility index (Phi) is 4.12. The molecule has 1 amide bonds. The number of nitrogens with one attached hydrogen (secondary N) is 1. The third kappa shape index (κ3) is 3.37. The zero-order valence-electron chi connectivity index (χ0n) is 13.9. The van der Waals surface area contributed by atoms with E-state index in [1.807, 2.05) is 26.8 Å². The Bertz CT molecular complexity index is 761. The van der Waals surface area contributed by atoms with E-state index in [0.717, 1.165) is 29.5 Å². The number of fused-ring (bicyclic) bond motifs is 3. The minimum absolute atomic E-state index is 0.103. The highest BCUT2D eigenvalue weighted by atomic mass is 79.9. The molecule has 1 unspecified atom stereocenters. The van der Waals surface area contributed by atoms with Crippen LogP contribution >= 0.6 is 15.9 Å². The van der Waals surface area contributed by atoms with E-state index in [9.17, 15) is 4.79 Å². The summed E-state index contributed by atoms with van der Waals surface area (Å²) in [5.41, 5.74) is 3.12. The van der Waals surface area contributed by atoms with Crippen molar-refractivity contribution >= 4 is 33.1 Å². The topological polar surface area (TPSA) is 56.2 Å². The van der Waals surface area contributed by atoms with Crippen molar-refractivity contribution in [3.8, 4) is 0 Å². The summed E-state index contributed by atoms with van der Waals surface area (Å²) in [5, 5.41) is 4.17. The van der Waals surface area contributed by atoms with Crippen molar-refractivity contribution in [1.29, 1.82) is 0 Å². The lowest BCUT2D eigenvalue weighted by Gasteiger charge is -2.26. The number of nitrogens with zero attached hydrogens (tertiary/aromatic N) is 2. The van der Waals surface area contributed by atoms with Crippen LogP contribution in [0.5, 0.6) is 0 Å². The standard InChI is InChI=1S/C17H22BrN3O2/c1-17(2,3)23-16(22)19-10-5-7-13-12(9-10)11-6-8-14(18)20-15(11)21(13)4/h6,8,10H,5,7,9H2,1-4H3,(H,19,22). The lowest BCUT2D eigenvalue weighted by atomic mass is 9.92. The first-order valence-corrected chi connectivity index (χ1v) is 8.66. The maximum Gasteiger partial charge on any atom is 0.407 e. The van der Waals surface area contributed by atoms with Crippen molar-refractivity contribution in [1.82, 2.24) is 14.9 Å². The summed E-state index contributed by atoms with van der Waals surface area (Å²) in [6.45, 7) is 5.62. The summed E-state index contributed by atoms with van der Waals surface area (Å²) in [4.78, 5) is 16.6. The molecule has 1 N–H and O–H groups in total. The number of aryl methyl sites for hydroxylation is 1. The SMILES string of the molecule is Cn1c2c(c3ccc(Br)nc31)CC(NC(=O)OC(C)(C)C)CC2. The van der Waals surface area contributed by atoms with E-state index in [2.05, 4.69) is 43.9 Å². The molecule has 0 saturated carbocycles. The van der Waals surface area contributed by atoms with Crippen LogP contribution in [0.1, 0.15) is 38.4 Å². The molecule has 124 valence electrons. The Balaban J connectivity index is 1.82. The molecule has 0 aromatic carbocycles. The predicted octanol–water partition coefficient (Wildman–Crippen LogP) is 3.72. The van der Waals surface area contributed by atoms with Crippen LogP contribution in [-0.4, -0.2) is 27.3 Å². The lowest BCUT2D eigenvalue weighted by molar-refractivity contribution is 0.0500. The quantitative estimate of drug-likeness (QED) is 0.768. The van der Waals surface area contributed by atoms with Crippen LogP contribution in [0.3, 0.4) is 0 Å². The van der Waals surface area contributed by atoms with Crippen LogP contribution in [0.2, 0.25) is 0 Å². The molecule has 1 atom stereocenters. The van der Waals surface area contributed by atoms with Crippen LogP contribution in [0.15, 0.2) is 16.7 Å². The number of aromatic nitrogens is 2. The third-order valence-electron chi connectivity index (χ3n) is 4.14. The summed E-state index contributed by atoms with van der Waals surface area (Å²) in [5.74, 6) is 0. The minimum Gasteiger partial charge on any atom is -0.444 e. The molecule has 5 nitrogen and oxygen atoms in total. The summed E-state index contributed by atoms with van der Waals surface area (Å²) < 4.78 is 8.37. The van der Waals surface area contributed by atoms with Crippen molar-refractivity contribution in [3.63, 3.8) is 0 Å². The number of hydrogen-bond donors (Lipinski definition) is 1. The molecule has 2 aromatic heterocycles. The van der Waals surface area contributed by atoms with E-state index < -0.39 is 5.60 Å². The number of hydrogen-bond acceptors (Lipinski definition) is 3. The highest BCUT2D eigenvalue weighted by Crippen LogP contribution is 2.31. The zero-order chi connectivity index (χ0) is 16.8. The lowest BCUT2D eigenvalue weighted by Crippen LogP contribution is -2.41. The average molecular weight is 380 g/mol. The molecule has 0 aliphatic heterocycles. The normalized spacial score (nSPS) is 17.9. The molecule has 0 fully saturated rings. The first kappa shape index (κ1) is 16.3. The second kappa shape index (κ2) is 5.82. The van der Waals surface area contributed by atoms with Crippen LogP contribution in [-0.2, 0) is 24.6 Å². The van der Waals surface area contributed by atoms with Crippen LogP contribution in [0.25, 0.3) is 11.0 Å². The van der Waals surface area contributed by atoms with Crippen LogP contribution < -0.4 is 5.32 Å². The molecule has 1 aliphatic rings. The molecular formula is C17H22BrN3O2. The smallest absolute Gasteiger partial charge is 0.407 e. The van der Waals surface area contributed by atoms with Gasteiger partial charge in [0.15, 0.2) is 0 Å². The summed E-state index contributed by atoms with van der Waals surface area (Å²) in [7, 11) is 2.06. The maximum absolute atomic E-state index is 12.0. The van der Waals surface area contributed by atoms with E-state index in [1.165, 1.54) is 16.6 Å². The van der Waals surface area contributed by atoms with Crippen molar-refractivity contribution in [2.24, 2.45) is 7.05 Å². The van der Waals surface area contributed by atoms with Gasteiger partial charge in [0.2, 0.25) is 0 Å². The Hall–Kier alpha value is -1.56. The van der Waals surface area contributed by atoms with Crippen molar-refractivity contribution in [2.75, 3.05) is 0 Å². The monoisotopic (exact) mass is 379 g/mol. The van der Waals surface area contributed by atoms with E-state index in [-0.39, 0.29) is 12.1 Å². The van der Waals surface area contributed by atoms with Gasteiger partial charge in [-0.3, -0.25) is 0 Å². The first-order chi connectivity index (χ1) is 10.7. The Labute approximate surface area is 144 Å². The van der Waals surface area contributed by atoms with Crippen LogP contribution in [0.4, 0.5) is 4.79 Å². The van der Waals surface area contributed by atoms with Crippen molar-refractivity contribution in [3.05, 3.63) is 28.0 Å². The van der Waals surface area contributed by atoms with Gasteiger partial charge in [0.05, 0.1) is 0 Å². The summed E-state index contributed by atoms with van der Waals surface area (Å²) in [6.07, 6.45) is 2.32. The van der Waals surface area contributed by atoms with Gasteiger partial charge in [0.1, 0.15) is 15.9 Å². The van der Waals surface area contributed by atoms with Gasteiger partial charge < -0.3 is 14.6 Å². The van der Waals surface area contributed by atoms with Gasteiger partial charge >= 0.3 is 6.09 Å². The number of alkyl carbamates (subject to hydrolysis) is 1. The number of pyridine rings is 1. The average Bonchev–Trinajstić information content (AvgIpc) is 2.69.